The van der Waals surface area contributed by atoms with Gasteiger partial charge in [0.2, 0.25) is 0 Å². The number of rotatable bonds is 4. The molecule has 0 aromatic carbocycles. The molecule has 0 atom stereocenters. The monoisotopic (exact) mass is 356 g/mol. The molecule has 0 aliphatic carbocycles. The van der Waals surface area contributed by atoms with E-state index in [0.717, 1.165) is 17.4 Å². The van der Waals surface area contributed by atoms with E-state index in [1.165, 1.54) is 0 Å². The summed E-state index contributed by atoms with van der Waals surface area (Å²) >= 11 is 3.41. The quantitative estimate of drug-likeness (QED) is 0.901. The Hall–Kier alpha value is -1.30. The Morgan fingerprint density at radius 1 is 1.38 bits per heavy atom. The van der Waals surface area contributed by atoms with E-state index >= 15 is 0 Å². The smallest absolute Gasteiger partial charge is 0.309 e. The topological polar surface area (TPSA) is 62.5 Å². The number of aryl methyl sites for hydroxylation is 1. The van der Waals surface area contributed by atoms with Crippen LogP contribution in [0.1, 0.15) is 43.6 Å². The Balaban J connectivity index is 2.10. The van der Waals surface area contributed by atoms with Gasteiger partial charge in [0.25, 0.3) is 5.91 Å². The highest BCUT2D eigenvalue weighted by atomic mass is 79.9. The lowest BCUT2D eigenvalue weighted by molar-refractivity contribution is -0.150. The second-order valence-electron chi connectivity index (χ2n) is 5.89. The van der Waals surface area contributed by atoms with Crippen LogP contribution in [0.3, 0.4) is 0 Å². The van der Waals surface area contributed by atoms with Crippen LogP contribution in [0.5, 0.6) is 0 Å². The molecule has 1 amide bonds. The molecule has 1 N–H and O–H groups in total. The summed E-state index contributed by atoms with van der Waals surface area (Å²) in [5.74, 6) is -0.784. The molecule has 5 nitrogen and oxygen atoms in total. The van der Waals surface area contributed by atoms with Gasteiger partial charge in [-0.25, -0.2) is 0 Å². The van der Waals surface area contributed by atoms with Crippen molar-refractivity contribution in [1.29, 1.82) is 0 Å². The summed E-state index contributed by atoms with van der Waals surface area (Å²) in [6, 6.07) is 1.84. The van der Waals surface area contributed by atoms with Crippen LogP contribution in [0.25, 0.3) is 0 Å². The second kappa shape index (κ2) is 6.22. The van der Waals surface area contributed by atoms with Crippen molar-refractivity contribution in [3.63, 3.8) is 0 Å². The number of nitrogens with zero attached hydrogens (tertiary/aromatic N) is 2. The molecule has 1 fully saturated rings. The van der Waals surface area contributed by atoms with Crippen molar-refractivity contribution in [2.75, 3.05) is 13.1 Å². The van der Waals surface area contributed by atoms with E-state index in [4.69, 9.17) is 0 Å². The number of hydrogen-bond donors (Lipinski definition) is 1. The van der Waals surface area contributed by atoms with E-state index in [2.05, 4.69) is 22.9 Å². The lowest BCUT2D eigenvalue weighted by atomic mass is 9.80. The lowest BCUT2D eigenvalue weighted by Gasteiger charge is -2.36. The second-order valence-corrected chi connectivity index (χ2v) is 6.81. The van der Waals surface area contributed by atoms with Crippen LogP contribution in [-0.4, -0.2) is 39.5 Å². The Bertz CT molecular complexity index is 545. The molecule has 1 aromatic rings. The molecule has 1 saturated heterocycles. The van der Waals surface area contributed by atoms with Crippen LogP contribution in [0.2, 0.25) is 0 Å². The highest BCUT2D eigenvalue weighted by Gasteiger charge is 2.38. The van der Waals surface area contributed by atoms with E-state index < -0.39 is 11.4 Å². The van der Waals surface area contributed by atoms with Gasteiger partial charge in [0.1, 0.15) is 5.69 Å². The Kier molecular flexibility index (Phi) is 4.76. The number of carboxylic acids is 1. The Labute approximate surface area is 133 Å². The fourth-order valence-electron chi connectivity index (χ4n) is 2.66. The van der Waals surface area contributed by atoms with Crippen molar-refractivity contribution in [1.82, 2.24) is 9.47 Å². The number of carbonyl (C=O) groups excluding carboxylic acids is 1. The van der Waals surface area contributed by atoms with Gasteiger partial charge in [-0.3, -0.25) is 9.59 Å². The van der Waals surface area contributed by atoms with Gasteiger partial charge in [-0.15, -0.1) is 0 Å². The molecular weight excluding hydrogens is 336 g/mol. The molecule has 1 aromatic heterocycles. The normalized spacial score (nSPS) is 17.8. The van der Waals surface area contributed by atoms with Crippen LogP contribution in [-0.2, 0) is 11.3 Å². The average molecular weight is 357 g/mol. The first-order chi connectivity index (χ1) is 9.87. The summed E-state index contributed by atoms with van der Waals surface area (Å²) in [5, 5.41) is 9.24. The summed E-state index contributed by atoms with van der Waals surface area (Å²) in [6.07, 6.45) is 3.88. The maximum atomic E-state index is 12.6. The fourth-order valence-corrected chi connectivity index (χ4v) is 3.12. The van der Waals surface area contributed by atoms with E-state index in [-0.39, 0.29) is 5.91 Å². The number of hydrogen-bond acceptors (Lipinski definition) is 2. The fraction of sp³-hybridized carbons (Fsp3) is 0.600. The number of aliphatic carboxylic acids is 1. The third kappa shape index (κ3) is 3.31. The van der Waals surface area contributed by atoms with E-state index in [1.807, 2.05) is 16.8 Å². The first kappa shape index (κ1) is 16.1. The largest absolute Gasteiger partial charge is 0.481 e. The van der Waals surface area contributed by atoms with Crippen molar-refractivity contribution in [2.45, 2.75) is 39.7 Å². The molecule has 2 heterocycles. The zero-order valence-corrected chi connectivity index (χ0v) is 14.0. The third-order valence-corrected chi connectivity index (χ3v) is 4.65. The van der Waals surface area contributed by atoms with Crippen LogP contribution < -0.4 is 0 Å². The molecule has 0 spiro atoms. The van der Waals surface area contributed by atoms with Gasteiger partial charge < -0.3 is 14.6 Å². The molecule has 2 rings (SSSR count). The minimum absolute atomic E-state index is 0.0124. The van der Waals surface area contributed by atoms with Crippen molar-refractivity contribution in [3.05, 3.63) is 22.4 Å². The van der Waals surface area contributed by atoms with Crippen LogP contribution in [0.4, 0.5) is 0 Å². The van der Waals surface area contributed by atoms with E-state index in [9.17, 15) is 14.7 Å². The molecule has 1 aliphatic rings. The van der Waals surface area contributed by atoms with Crippen molar-refractivity contribution >= 4 is 27.8 Å². The van der Waals surface area contributed by atoms with Crippen molar-refractivity contribution < 1.29 is 14.7 Å². The predicted molar refractivity (Wildman–Crippen MR) is 83.3 cm³/mol. The number of amides is 1. The zero-order valence-electron chi connectivity index (χ0n) is 12.4. The number of likely N-dealkylation sites (tertiary alicyclic amines) is 1. The average Bonchev–Trinajstić information content (AvgIpc) is 2.80. The van der Waals surface area contributed by atoms with Gasteiger partial charge >= 0.3 is 5.97 Å². The SMILES string of the molecule is CCCn1cc(Br)cc1C(=O)N1CCC(C)(C(=O)O)CC1. The summed E-state index contributed by atoms with van der Waals surface area (Å²) < 4.78 is 2.85. The van der Waals surface area contributed by atoms with Crippen LogP contribution in [0, 0.1) is 5.41 Å². The van der Waals surface area contributed by atoms with Crippen LogP contribution >= 0.6 is 15.9 Å². The molecule has 21 heavy (non-hydrogen) atoms. The molecule has 1 aliphatic heterocycles. The highest BCUT2D eigenvalue weighted by molar-refractivity contribution is 9.10. The molecular formula is C15H21BrN2O3. The molecule has 116 valence electrons. The Morgan fingerprint density at radius 3 is 2.52 bits per heavy atom. The zero-order chi connectivity index (χ0) is 15.6. The summed E-state index contributed by atoms with van der Waals surface area (Å²) in [4.78, 5) is 25.6. The van der Waals surface area contributed by atoms with Gasteiger partial charge in [-0.2, -0.15) is 0 Å². The lowest BCUT2D eigenvalue weighted by Crippen LogP contribution is -2.45. The predicted octanol–water partition coefficient (Wildman–Crippen LogP) is 2.99. The molecule has 0 saturated carbocycles. The number of halogens is 1. The first-order valence-corrected chi connectivity index (χ1v) is 8.05. The number of aromatic nitrogens is 1. The number of carbonyl (C=O) groups is 2. The standard InChI is InChI=1S/C15H21BrN2O3/c1-3-6-18-10-11(16)9-12(18)13(19)17-7-4-15(2,5-8-17)14(20)21/h9-10H,3-8H2,1-2H3,(H,20,21). The minimum Gasteiger partial charge on any atom is -0.481 e. The Morgan fingerprint density at radius 2 is 2.00 bits per heavy atom. The van der Waals surface area contributed by atoms with Crippen molar-refractivity contribution in [2.24, 2.45) is 5.41 Å². The van der Waals surface area contributed by atoms with E-state index in [1.54, 1.807) is 11.8 Å². The summed E-state index contributed by atoms with van der Waals surface area (Å²) in [7, 11) is 0. The van der Waals surface area contributed by atoms with Gasteiger partial charge in [0, 0.05) is 30.3 Å². The molecule has 0 bridgehead atoms. The third-order valence-electron chi connectivity index (χ3n) is 4.22. The van der Waals surface area contributed by atoms with Gasteiger partial charge in [-0.1, -0.05) is 6.92 Å². The van der Waals surface area contributed by atoms with Crippen molar-refractivity contribution in [3.8, 4) is 0 Å². The van der Waals surface area contributed by atoms with Crippen LogP contribution in [0.15, 0.2) is 16.7 Å². The summed E-state index contributed by atoms with van der Waals surface area (Å²) in [6.45, 7) is 5.62. The summed E-state index contributed by atoms with van der Waals surface area (Å²) in [5.41, 5.74) is -0.0365. The molecule has 6 heteroatoms. The maximum Gasteiger partial charge on any atom is 0.309 e. The first-order valence-electron chi connectivity index (χ1n) is 7.26. The van der Waals surface area contributed by atoms with Gasteiger partial charge in [0.05, 0.1) is 5.41 Å². The van der Waals surface area contributed by atoms with Gasteiger partial charge in [-0.05, 0) is 48.2 Å². The molecule has 0 unspecified atom stereocenters. The number of carboxylic acid groups (broad SMARTS) is 1. The maximum absolute atomic E-state index is 12.6. The minimum atomic E-state index is -0.772. The molecule has 0 radical (unpaired) electrons. The van der Waals surface area contributed by atoms with Gasteiger partial charge in [0.15, 0.2) is 0 Å². The highest BCUT2D eigenvalue weighted by Crippen LogP contribution is 2.31. The van der Waals surface area contributed by atoms with E-state index in [0.29, 0.717) is 31.6 Å². The number of piperidine rings is 1.